The Labute approximate surface area is 98.9 Å². The second-order valence-electron chi connectivity index (χ2n) is 5.11. The first-order valence-electron chi connectivity index (χ1n) is 5.78. The third-order valence-corrected chi connectivity index (χ3v) is 3.77. The molecule has 0 aromatic carbocycles. The van der Waals surface area contributed by atoms with E-state index in [0.717, 1.165) is 6.42 Å². The van der Waals surface area contributed by atoms with E-state index in [1.54, 1.807) is 0 Å². The van der Waals surface area contributed by atoms with Crippen molar-refractivity contribution in [1.29, 1.82) is 0 Å². The van der Waals surface area contributed by atoms with Gasteiger partial charge >= 0.3 is 6.18 Å². The lowest BCUT2D eigenvalue weighted by Gasteiger charge is -2.41. The Balaban J connectivity index is 2.74. The quantitative estimate of drug-likeness (QED) is 0.805. The SMILES string of the molecule is CC1CCC(NCC(F)(F)F)(C(N)=O)CC1C. The fourth-order valence-corrected chi connectivity index (χ4v) is 2.35. The fourth-order valence-electron chi connectivity index (χ4n) is 2.35. The maximum Gasteiger partial charge on any atom is 0.401 e. The molecule has 0 aromatic rings. The van der Waals surface area contributed by atoms with Gasteiger partial charge in [0, 0.05) is 0 Å². The van der Waals surface area contributed by atoms with Crippen LogP contribution in [0.15, 0.2) is 0 Å². The first-order valence-corrected chi connectivity index (χ1v) is 5.78. The summed E-state index contributed by atoms with van der Waals surface area (Å²) in [6.45, 7) is 2.81. The normalized spacial score (nSPS) is 34.6. The zero-order valence-electron chi connectivity index (χ0n) is 10.1. The number of carbonyl (C=O) groups excluding carboxylic acids is 1. The second-order valence-corrected chi connectivity index (χ2v) is 5.11. The molecule has 3 N–H and O–H groups in total. The smallest absolute Gasteiger partial charge is 0.368 e. The molecule has 0 radical (unpaired) electrons. The number of amides is 1. The minimum Gasteiger partial charge on any atom is -0.368 e. The largest absolute Gasteiger partial charge is 0.401 e. The maximum atomic E-state index is 12.2. The molecule has 1 aliphatic carbocycles. The standard InChI is InChI=1S/C11H19F3N2O/c1-7-3-4-10(9(15)17,5-8(7)2)16-6-11(12,13)14/h7-8,16H,3-6H2,1-2H3,(H2,15,17). The molecule has 0 bridgehead atoms. The van der Waals surface area contributed by atoms with E-state index >= 15 is 0 Å². The van der Waals surface area contributed by atoms with Crippen LogP contribution in [0.4, 0.5) is 13.2 Å². The highest BCUT2D eigenvalue weighted by Crippen LogP contribution is 2.36. The van der Waals surface area contributed by atoms with Crippen molar-refractivity contribution < 1.29 is 18.0 Å². The topological polar surface area (TPSA) is 55.1 Å². The van der Waals surface area contributed by atoms with Gasteiger partial charge in [-0.2, -0.15) is 13.2 Å². The highest BCUT2D eigenvalue weighted by molar-refractivity contribution is 5.84. The molecule has 0 saturated heterocycles. The predicted octanol–water partition coefficient (Wildman–Crippen LogP) is 1.82. The summed E-state index contributed by atoms with van der Waals surface area (Å²) in [5, 5.41) is 2.33. The number of primary amides is 1. The summed E-state index contributed by atoms with van der Waals surface area (Å²) in [6.07, 6.45) is -2.85. The van der Waals surface area contributed by atoms with Gasteiger partial charge in [-0.1, -0.05) is 13.8 Å². The van der Waals surface area contributed by atoms with E-state index < -0.39 is 24.2 Å². The zero-order valence-corrected chi connectivity index (χ0v) is 10.1. The van der Waals surface area contributed by atoms with Crippen LogP contribution in [-0.2, 0) is 4.79 Å². The highest BCUT2D eigenvalue weighted by atomic mass is 19.4. The van der Waals surface area contributed by atoms with Crippen molar-refractivity contribution in [1.82, 2.24) is 5.32 Å². The highest BCUT2D eigenvalue weighted by Gasteiger charge is 2.44. The minimum atomic E-state index is -4.32. The van der Waals surface area contributed by atoms with E-state index in [-0.39, 0.29) is 5.92 Å². The number of hydrogen-bond acceptors (Lipinski definition) is 2. The van der Waals surface area contributed by atoms with Crippen LogP contribution < -0.4 is 11.1 Å². The van der Waals surface area contributed by atoms with Gasteiger partial charge < -0.3 is 5.73 Å². The third kappa shape index (κ3) is 3.59. The van der Waals surface area contributed by atoms with Crippen LogP contribution in [0.2, 0.25) is 0 Å². The van der Waals surface area contributed by atoms with Crippen molar-refractivity contribution >= 4 is 5.91 Å². The van der Waals surface area contributed by atoms with E-state index in [2.05, 4.69) is 5.32 Å². The summed E-state index contributed by atoms with van der Waals surface area (Å²) in [5.41, 5.74) is 4.08. The molecule has 0 spiro atoms. The van der Waals surface area contributed by atoms with Crippen molar-refractivity contribution in [2.45, 2.75) is 44.8 Å². The van der Waals surface area contributed by atoms with Crippen molar-refractivity contribution in [3.63, 3.8) is 0 Å². The maximum absolute atomic E-state index is 12.2. The van der Waals surface area contributed by atoms with Crippen LogP contribution in [-0.4, -0.2) is 24.2 Å². The van der Waals surface area contributed by atoms with Crippen LogP contribution in [0.25, 0.3) is 0 Å². The van der Waals surface area contributed by atoms with Crippen molar-refractivity contribution in [2.24, 2.45) is 17.6 Å². The van der Waals surface area contributed by atoms with Crippen LogP contribution in [0.3, 0.4) is 0 Å². The summed E-state index contributed by atoms with van der Waals surface area (Å²) in [4.78, 5) is 11.4. The van der Waals surface area contributed by atoms with Crippen LogP contribution >= 0.6 is 0 Å². The number of rotatable bonds is 3. The van der Waals surface area contributed by atoms with Gasteiger partial charge in [-0.15, -0.1) is 0 Å². The van der Waals surface area contributed by atoms with Gasteiger partial charge in [0.15, 0.2) is 0 Å². The Morgan fingerprint density at radius 2 is 2.00 bits per heavy atom. The molecular formula is C11H19F3N2O. The summed E-state index contributed by atoms with van der Waals surface area (Å²) >= 11 is 0. The monoisotopic (exact) mass is 252 g/mol. The molecule has 3 atom stereocenters. The van der Waals surface area contributed by atoms with Gasteiger partial charge in [-0.3, -0.25) is 10.1 Å². The molecule has 1 fully saturated rings. The molecule has 1 aliphatic rings. The average molecular weight is 252 g/mol. The number of nitrogens with one attached hydrogen (secondary N) is 1. The number of carbonyl (C=O) groups is 1. The molecular weight excluding hydrogens is 233 g/mol. The number of halogens is 3. The van der Waals surface area contributed by atoms with E-state index in [1.807, 2.05) is 13.8 Å². The van der Waals surface area contributed by atoms with E-state index in [4.69, 9.17) is 5.73 Å². The molecule has 1 rings (SSSR count). The van der Waals surface area contributed by atoms with Crippen molar-refractivity contribution in [3.05, 3.63) is 0 Å². The van der Waals surface area contributed by atoms with Crippen LogP contribution in [0, 0.1) is 11.8 Å². The molecule has 0 aromatic heterocycles. The van der Waals surface area contributed by atoms with Crippen LogP contribution in [0.5, 0.6) is 0 Å². The molecule has 3 nitrogen and oxygen atoms in total. The molecule has 100 valence electrons. The first-order chi connectivity index (χ1) is 7.66. The lowest BCUT2D eigenvalue weighted by atomic mass is 9.71. The molecule has 17 heavy (non-hydrogen) atoms. The summed E-state index contributed by atoms with van der Waals surface area (Å²) in [6, 6.07) is 0. The van der Waals surface area contributed by atoms with Gasteiger partial charge in [0.2, 0.25) is 5.91 Å². The van der Waals surface area contributed by atoms with Gasteiger partial charge in [-0.25, -0.2) is 0 Å². The Bertz CT molecular complexity index is 293. The minimum absolute atomic E-state index is 0.192. The number of hydrogen-bond donors (Lipinski definition) is 2. The average Bonchev–Trinajstić information content (AvgIpc) is 2.19. The second kappa shape index (κ2) is 4.84. The Hall–Kier alpha value is -0.780. The number of nitrogens with two attached hydrogens (primary N) is 1. The molecule has 1 saturated carbocycles. The summed E-state index contributed by atoms with van der Waals surface area (Å²) < 4.78 is 36.6. The van der Waals surface area contributed by atoms with Gasteiger partial charge in [0.1, 0.15) is 0 Å². The van der Waals surface area contributed by atoms with E-state index in [9.17, 15) is 18.0 Å². The fraction of sp³-hybridized carbons (Fsp3) is 0.909. The van der Waals surface area contributed by atoms with Crippen molar-refractivity contribution in [2.75, 3.05) is 6.54 Å². The van der Waals surface area contributed by atoms with Gasteiger partial charge in [0.25, 0.3) is 0 Å². The number of alkyl halides is 3. The van der Waals surface area contributed by atoms with Crippen molar-refractivity contribution in [3.8, 4) is 0 Å². The zero-order chi connectivity index (χ0) is 13.3. The van der Waals surface area contributed by atoms with Gasteiger partial charge in [0.05, 0.1) is 12.1 Å². The molecule has 3 unspecified atom stereocenters. The Kier molecular flexibility index (Phi) is 4.06. The lowest BCUT2D eigenvalue weighted by molar-refractivity contribution is -0.139. The summed E-state index contributed by atoms with van der Waals surface area (Å²) in [7, 11) is 0. The third-order valence-electron chi connectivity index (χ3n) is 3.77. The molecule has 0 heterocycles. The van der Waals surface area contributed by atoms with Crippen LogP contribution in [0.1, 0.15) is 33.1 Å². The van der Waals surface area contributed by atoms with E-state index in [0.29, 0.717) is 18.8 Å². The summed E-state index contributed by atoms with van der Waals surface area (Å²) in [5.74, 6) is -0.0763. The Morgan fingerprint density at radius 3 is 2.41 bits per heavy atom. The first kappa shape index (κ1) is 14.3. The van der Waals surface area contributed by atoms with E-state index in [1.165, 1.54) is 0 Å². The lowest BCUT2D eigenvalue weighted by Crippen LogP contribution is -2.60. The molecule has 1 amide bonds. The van der Waals surface area contributed by atoms with Gasteiger partial charge in [-0.05, 0) is 31.1 Å². The molecule has 0 aliphatic heterocycles. The predicted molar refractivity (Wildman–Crippen MR) is 58.2 cm³/mol. The Morgan fingerprint density at radius 1 is 1.41 bits per heavy atom. The molecule has 6 heteroatoms.